The number of imide groups is 1. The number of fused-ring (bicyclic) bond motifs is 3. The summed E-state index contributed by atoms with van der Waals surface area (Å²) in [5.74, 6) is -1.15. The van der Waals surface area contributed by atoms with E-state index in [0.717, 1.165) is 16.5 Å². The van der Waals surface area contributed by atoms with Crippen LogP contribution in [0, 0.1) is 5.82 Å². The standard InChI is InChI=1S/C27H22FN3O5/c1-35-22-12-11-18(15-20(22)28)29-23(32)16-31-24-19-9-5-6-10-21(19)36-25(24)26(33)30(27(31)34)14-13-17-7-3-2-4-8-17/h2-12,15,25H,13-14,16H2,1H3/p+1. The van der Waals surface area contributed by atoms with Crippen molar-refractivity contribution in [2.45, 2.75) is 12.5 Å². The van der Waals surface area contributed by atoms with Crippen LogP contribution in [0.4, 0.5) is 14.9 Å². The van der Waals surface area contributed by atoms with E-state index < -0.39 is 29.8 Å². The van der Waals surface area contributed by atoms with Gasteiger partial charge in [-0.15, -0.1) is 0 Å². The molecule has 3 aromatic rings. The Morgan fingerprint density at radius 2 is 1.83 bits per heavy atom. The van der Waals surface area contributed by atoms with Crippen molar-refractivity contribution >= 4 is 29.2 Å². The van der Waals surface area contributed by atoms with Crippen LogP contribution in [0.5, 0.6) is 11.5 Å². The zero-order valence-electron chi connectivity index (χ0n) is 19.4. The van der Waals surface area contributed by atoms with Crippen LogP contribution in [0.3, 0.4) is 0 Å². The molecule has 0 radical (unpaired) electrons. The number of urea groups is 1. The highest BCUT2D eigenvalue weighted by atomic mass is 19.1. The van der Waals surface area contributed by atoms with E-state index in [9.17, 15) is 18.8 Å². The molecule has 0 fully saturated rings. The molecule has 0 saturated heterocycles. The topological polar surface area (TPSA) is 87.9 Å². The molecule has 9 heteroatoms. The largest absolute Gasteiger partial charge is 0.501 e. The molecule has 0 aliphatic carbocycles. The fourth-order valence-corrected chi connectivity index (χ4v) is 4.38. The summed E-state index contributed by atoms with van der Waals surface area (Å²) >= 11 is 0. The number of para-hydroxylation sites is 1. The number of hydrogen-bond acceptors (Lipinski definition) is 5. The molecule has 3 aromatic carbocycles. The van der Waals surface area contributed by atoms with Crippen molar-refractivity contribution in [3.05, 3.63) is 89.7 Å². The minimum atomic E-state index is -1.04. The third kappa shape index (κ3) is 4.31. The summed E-state index contributed by atoms with van der Waals surface area (Å²) in [5, 5.41) is 2.60. The Hall–Kier alpha value is -4.53. The maximum Gasteiger partial charge on any atom is 0.501 e. The first-order valence-corrected chi connectivity index (χ1v) is 11.4. The summed E-state index contributed by atoms with van der Waals surface area (Å²) < 4.78 is 26.1. The monoisotopic (exact) mass is 488 g/mol. The molecule has 1 atom stereocenters. The summed E-state index contributed by atoms with van der Waals surface area (Å²) in [4.78, 5) is 40.9. The second-order valence-corrected chi connectivity index (χ2v) is 8.37. The van der Waals surface area contributed by atoms with Gasteiger partial charge >= 0.3 is 11.9 Å². The predicted octanol–water partition coefficient (Wildman–Crippen LogP) is 3.24. The van der Waals surface area contributed by atoms with Crippen molar-refractivity contribution in [3.8, 4) is 11.5 Å². The number of hydrogen-bond donors (Lipinski definition) is 1. The fourth-order valence-electron chi connectivity index (χ4n) is 4.38. The van der Waals surface area contributed by atoms with Crippen LogP contribution in [0.25, 0.3) is 0 Å². The maximum absolute atomic E-state index is 14.1. The molecule has 0 saturated carbocycles. The Bertz CT molecular complexity index is 1390. The van der Waals surface area contributed by atoms with Gasteiger partial charge in [-0.25, -0.2) is 9.18 Å². The van der Waals surface area contributed by atoms with E-state index in [1.54, 1.807) is 24.3 Å². The van der Waals surface area contributed by atoms with Crippen LogP contribution in [0.1, 0.15) is 11.1 Å². The molecule has 2 aliphatic heterocycles. The number of ether oxygens (including phenoxy) is 2. The van der Waals surface area contributed by atoms with Crippen LogP contribution in [0.2, 0.25) is 0 Å². The Morgan fingerprint density at radius 3 is 2.58 bits per heavy atom. The number of nitrogens with one attached hydrogen (secondary N) is 1. The highest BCUT2D eigenvalue weighted by molar-refractivity contribution is 6.22. The number of carbonyl (C=O) groups is 3. The van der Waals surface area contributed by atoms with Crippen molar-refractivity contribution in [2.24, 2.45) is 0 Å². The molecule has 2 heterocycles. The van der Waals surface area contributed by atoms with Crippen molar-refractivity contribution < 1.29 is 32.8 Å². The number of methoxy groups -OCH3 is 1. The highest BCUT2D eigenvalue weighted by Gasteiger charge is 2.53. The SMILES string of the molecule is COc1ccc(NC(=O)C[N+]2=C3c4ccccc4OC3C(=O)N(CCc3ccccc3)C2=O)cc1F. The van der Waals surface area contributed by atoms with Crippen molar-refractivity contribution in [1.29, 1.82) is 0 Å². The van der Waals surface area contributed by atoms with Gasteiger partial charge in [-0.1, -0.05) is 42.5 Å². The zero-order chi connectivity index (χ0) is 25.2. The molecule has 36 heavy (non-hydrogen) atoms. The zero-order valence-corrected chi connectivity index (χ0v) is 19.4. The second-order valence-electron chi connectivity index (χ2n) is 8.37. The van der Waals surface area contributed by atoms with Crippen LogP contribution < -0.4 is 14.8 Å². The first kappa shape index (κ1) is 23.2. The quantitative estimate of drug-likeness (QED) is 0.516. The van der Waals surface area contributed by atoms with Crippen molar-refractivity contribution in [1.82, 2.24) is 4.90 Å². The Balaban J connectivity index is 1.44. The van der Waals surface area contributed by atoms with Crippen LogP contribution in [-0.2, 0) is 16.0 Å². The summed E-state index contributed by atoms with van der Waals surface area (Å²) in [7, 11) is 1.35. The van der Waals surface area contributed by atoms with E-state index in [2.05, 4.69) is 5.32 Å². The first-order valence-electron chi connectivity index (χ1n) is 11.4. The highest BCUT2D eigenvalue weighted by Crippen LogP contribution is 2.32. The summed E-state index contributed by atoms with van der Waals surface area (Å²) in [6.45, 7) is -0.252. The molecule has 1 unspecified atom stereocenters. The number of benzene rings is 3. The lowest BCUT2D eigenvalue weighted by molar-refractivity contribution is -0.428. The number of amides is 4. The van der Waals surface area contributed by atoms with Gasteiger partial charge in [-0.3, -0.25) is 4.79 Å². The lowest BCUT2D eigenvalue weighted by Gasteiger charge is -2.24. The molecular weight excluding hydrogens is 465 g/mol. The van der Waals surface area contributed by atoms with E-state index in [1.807, 2.05) is 30.3 Å². The molecular formula is C27H23FN3O5+. The van der Waals surface area contributed by atoms with E-state index in [-0.39, 0.29) is 24.5 Å². The molecule has 2 aliphatic rings. The van der Waals surface area contributed by atoms with Crippen molar-refractivity contribution in [3.63, 3.8) is 0 Å². The van der Waals surface area contributed by atoms with E-state index in [1.165, 1.54) is 23.8 Å². The molecule has 0 spiro atoms. The molecule has 0 bridgehead atoms. The van der Waals surface area contributed by atoms with Gasteiger partial charge in [0.05, 0.1) is 12.7 Å². The molecule has 4 amide bonds. The molecule has 1 N–H and O–H groups in total. The molecule has 8 nitrogen and oxygen atoms in total. The van der Waals surface area contributed by atoms with Gasteiger partial charge in [-0.2, -0.15) is 14.3 Å². The lowest BCUT2D eigenvalue weighted by Crippen LogP contribution is -2.59. The average Bonchev–Trinajstić information content (AvgIpc) is 3.27. The van der Waals surface area contributed by atoms with Gasteiger partial charge in [0, 0.05) is 18.2 Å². The van der Waals surface area contributed by atoms with Crippen molar-refractivity contribution in [2.75, 3.05) is 25.5 Å². The Kier molecular flexibility index (Phi) is 6.20. The van der Waals surface area contributed by atoms with Crippen LogP contribution >= 0.6 is 0 Å². The third-order valence-corrected chi connectivity index (χ3v) is 6.10. The Labute approximate surface area is 206 Å². The number of halogens is 1. The smallest absolute Gasteiger partial charge is 0.494 e. The summed E-state index contributed by atoms with van der Waals surface area (Å²) in [5.41, 5.74) is 2.08. The van der Waals surface area contributed by atoms with Gasteiger partial charge in [-0.05, 0) is 29.8 Å². The van der Waals surface area contributed by atoms with Crippen LogP contribution in [0.15, 0.2) is 72.8 Å². The molecule has 182 valence electrons. The van der Waals surface area contributed by atoms with Gasteiger partial charge < -0.3 is 14.8 Å². The number of nitrogens with zero attached hydrogens (tertiary/aromatic N) is 2. The van der Waals surface area contributed by atoms with Crippen LogP contribution in [-0.4, -0.2) is 59.3 Å². The molecule has 0 aromatic heterocycles. The number of rotatable bonds is 7. The van der Waals surface area contributed by atoms with Gasteiger partial charge in [0.25, 0.3) is 12.0 Å². The minimum absolute atomic E-state index is 0.0462. The van der Waals surface area contributed by atoms with Gasteiger partial charge in [0.15, 0.2) is 23.8 Å². The Morgan fingerprint density at radius 1 is 1.08 bits per heavy atom. The van der Waals surface area contributed by atoms with Gasteiger partial charge in [0.2, 0.25) is 0 Å². The van der Waals surface area contributed by atoms with E-state index >= 15 is 0 Å². The normalized spacial score (nSPS) is 16.4. The summed E-state index contributed by atoms with van der Waals surface area (Å²) in [6.07, 6.45) is -0.583. The average molecular weight is 488 g/mol. The first-order chi connectivity index (χ1) is 17.5. The van der Waals surface area contributed by atoms with E-state index in [4.69, 9.17) is 9.47 Å². The second kappa shape index (κ2) is 9.61. The maximum atomic E-state index is 14.1. The minimum Gasteiger partial charge on any atom is -0.494 e. The fraction of sp³-hybridized carbons (Fsp3) is 0.185. The predicted molar refractivity (Wildman–Crippen MR) is 129 cm³/mol. The third-order valence-electron chi connectivity index (χ3n) is 6.10. The number of carbonyl (C=O) groups excluding carboxylic acids is 3. The lowest BCUT2D eigenvalue weighted by atomic mass is 10.0. The van der Waals surface area contributed by atoms with Gasteiger partial charge in [0.1, 0.15) is 12.3 Å². The summed E-state index contributed by atoms with van der Waals surface area (Å²) in [6, 6.07) is 19.9. The molecule has 5 rings (SSSR count). The number of anilines is 1. The van der Waals surface area contributed by atoms with E-state index in [0.29, 0.717) is 23.4 Å².